The second kappa shape index (κ2) is 8.92. The molecule has 2 aromatic carbocycles. The number of nitrogens with one attached hydrogen (secondary N) is 1. The first-order chi connectivity index (χ1) is 13.9. The van der Waals surface area contributed by atoms with Gasteiger partial charge in [-0.3, -0.25) is 4.79 Å². The number of benzene rings is 2. The number of anilines is 1. The van der Waals surface area contributed by atoms with Gasteiger partial charge in [0.1, 0.15) is 5.75 Å². The van der Waals surface area contributed by atoms with E-state index >= 15 is 0 Å². The van der Waals surface area contributed by atoms with Gasteiger partial charge in [0.25, 0.3) is 5.91 Å². The van der Waals surface area contributed by atoms with E-state index in [2.05, 4.69) is 5.32 Å². The fraction of sp³-hybridized carbons (Fsp3) is 0.217. The second-order valence-corrected chi connectivity index (χ2v) is 8.18. The lowest BCUT2D eigenvalue weighted by molar-refractivity contribution is -0.125. The van der Waals surface area contributed by atoms with E-state index in [-0.39, 0.29) is 0 Å². The molecule has 5 nitrogen and oxygen atoms in total. The van der Waals surface area contributed by atoms with Crippen molar-refractivity contribution in [2.45, 2.75) is 26.9 Å². The lowest BCUT2D eigenvalue weighted by Crippen LogP contribution is -2.26. The summed E-state index contributed by atoms with van der Waals surface area (Å²) < 4.78 is 11.0. The van der Waals surface area contributed by atoms with Crippen molar-refractivity contribution < 1.29 is 19.1 Å². The Kier molecular flexibility index (Phi) is 6.34. The Morgan fingerprint density at radius 3 is 2.34 bits per heavy atom. The molecule has 0 unspecified atom stereocenters. The minimum Gasteiger partial charge on any atom is -0.495 e. The number of amides is 1. The SMILES string of the molecule is COc1ccc(C)cc1NC(=O)[C@H](OC(=O)c1cc(C)sc1C)c1ccccc1. The van der Waals surface area contributed by atoms with Crippen LogP contribution in [0.15, 0.2) is 54.6 Å². The number of rotatable bonds is 6. The molecule has 0 saturated heterocycles. The van der Waals surface area contributed by atoms with Crippen molar-refractivity contribution in [2.75, 3.05) is 12.4 Å². The molecule has 3 rings (SSSR count). The summed E-state index contributed by atoms with van der Waals surface area (Å²) in [6.45, 7) is 5.72. The first-order valence-corrected chi connectivity index (χ1v) is 9.99. The van der Waals surface area contributed by atoms with E-state index in [4.69, 9.17) is 9.47 Å². The van der Waals surface area contributed by atoms with Gasteiger partial charge >= 0.3 is 5.97 Å². The third kappa shape index (κ3) is 4.84. The molecular formula is C23H23NO4S. The number of esters is 1. The van der Waals surface area contributed by atoms with E-state index in [1.165, 1.54) is 18.4 Å². The number of carbonyl (C=O) groups is 2. The van der Waals surface area contributed by atoms with Crippen molar-refractivity contribution in [3.63, 3.8) is 0 Å². The number of methoxy groups -OCH3 is 1. The molecule has 0 aliphatic carbocycles. The molecule has 1 atom stereocenters. The Labute approximate surface area is 174 Å². The second-order valence-electron chi connectivity index (χ2n) is 6.72. The first-order valence-electron chi connectivity index (χ1n) is 9.17. The van der Waals surface area contributed by atoms with E-state index in [1.807, 2.05) is 39.0 Å². The Morgan fingerprint density at radius 2 is 1.72 bits per heavy atom. The number of aryl methyl sites for hydroxylation is 3. The molecule has 0 radical (unpaired) electrons. The quantitative estimate of drug-likeness (QED) is 0.567. The molecule has 1 N–H and O–H groups in total. The van der Waals surface area contributed by atoms with Crippen LogP contribution < -0.4 is 10.1 Å². The van der Waals surface area contributed by atoms with E-state index in [1.54, 1.807) is 36.4 Å². The highest BCUT2D eigenvalue weighted by molar-refractivity contribution is 7.12. The highest BCUT2D eigenvalue weighted by Gasteiger charge is 2.27. The average Bonchev–Trinajstić information content (AvgIpc) is 3.05. The normalized spacial score (nSPS) is 11.6. The summed E-state index contributed by atoms with van der Waals surface area (Å²) in [5, 5.41) is 2.84. The minimum absolute atomic E-state index is 0.446. The predicted molar refractivity (Wildman–Crippen MR) is 115 cm³/mol. The summed E-state index contributed by atoms with van der Waals surface area (Å²) in [6, 6.07) is 16.2. The van der Waals surface area contributed by atoms with Gasteiger partial charge in [-0.05, 0) is 44.5 Å². The lowest BCUT2D eigenvalue weighted by atomic mass is 10.1. The van der Waals surface area contributed by atoms with Crippen molar-refractivity contribution >= 4 is 28.9 Å². The van der Waals surface area contributed by atoms with Crippen LogP contribution in [0.25, 0.3) is 0 Å². The van der Waals surface area contributed by atoms with E-state index in [0.717, 1.165) is 15.3 Å². The summed E-state index contributed by atoms with van der Waals surface area (Å²) in [4.78, 5) is 27.8. The maximum absolute atomic E-state index is 13.1. The molecule has 1 heterocycles. The molecule has 0 bridgehead atoms. The van der Waals surface area contributed by atoms with Crippen molar-refractivity contribution in [3.8, 4) is 5.75 Å². The Bertz CT molecular complexity index is 1030. The Hall–Kier alpha value is -3.12. The monoisotopic (exact) mass is 409 g/mol. The molecule has 29 heavy (non-hydrogen) atoms. The lowest BCUT2D eigenvalue weighted by Gasteiger charge is -2.19. The highest BCUT2D eigenvalue weighted by Crippen LogP contribution is 2.29. The Morgan fingerprint density at radius 1 is 1.00 bits per heavy atom. The maximum Gasteiger partial charge on any atom is 0.340 e. The zero-order valence-electron chi connectivity index (χ0n) is 16.8. The largest absolute Gasteiger partial charge is 0.495 e. The van der Waals surface area contributed by atoms with Crippen LogP contribution in [0.2, 0.25) is 0 Å². The Balaban J connectivity index is 1.90. The number of hydrogen-bond acceptors (Lipinski definition) is 5. The van der Waals surface area contributed by atoms with Crippen LogP contribution in [-0.4, -0.2) is 19.0 Å². The number of hydrogen-bond donors (Lipinski definition) is 1. The summed E-state index contributed by atoms with van der Waals surface area (Å²) in [7, 11) is 1.54. The minimum atomic E-state index is -1.09. The first kappa shape index (κ1) is 20.6. The van der Waals surface area contributed by atoms with Crippen molar-refractivity contribution in [1.82, 2.24) is 0 Å². The smallest absolute Gasteiger partial charge is 0.340 e. The number of thiophene rings is 1. The van der Waals surface area contributed by atoms with Crippen LogP contribution in [0.4, 0.5) is 5.69 Å². The van der Waals surface area contributed by atoms with Gasteiger partial charge in [0.15, 0.2) is 0 Å². The molecular weight excluding hydrogens is 386 g/mol. The summed E-state index contributed by atoms with van der Waals surface area (Å²) in [5.74, 6) is -0.434. The van der Waals surface area contributed by atoms with Crippen LogP contribution in [0.1, 0.15) is 37.3 Å². The van der Waals surface area contributed by atoms with Crippen LogP contribution in [0.5, 0.6) is 5.75 Å². The van der Waals surface area contributed by atoms with Crippen molar-refractivity contribution in [1.29, 1.82) is 0 Å². The van der Waals surface area contributed by atoms with Gasteiger partial charge in [-0.15, -0.1) is 11.3 Å². The van der Waals surface area contributed by atoms with Gasteiger partial charge in [-0.25, -0.2) is 4.79 Å². The molecule has 1 amide bonds. The number of ether oxygens (including phenoxy) is 2. The molecule has 6 heteroatoms. The molecule has 0 aliphatic heterocycles. The topological polar surface area (TPSA) is 64.6 Å². The standard InChI is InChI=1S/C23H23NO4S/c1-14-10-11-20(27-4)19(12-14)24-22(25)21(17-8-6-5-7-9-17)28-23(26)18-13-15(2)29-16(18)3/h5-13,21H,1-4H3,(H,24,25)/t21-/m1/s1. The average molecular weight is 410 g/mol. The third-order valence-corrected chi connectivity index (χ3v) is 5.41. The van der Waals surface area contributed by atoms with Gasteiger partial charge in [-0.2, -0.15) is 0 Å². The summed E-state index contributed by atoms with van der Waals surface area (Å²) >= 11 is 1.52. The van der Waals surface area contributed by atoms with Crippen LogP contribution in [-0.2, 0) is 9.53 Å². The molecule has 0 spiro atoms. The van der Waals surface area contributed by atoms with Gasteiger partial charge < -0.3 is 14.8 Å². The molecule has 150 valence electrons. The van der Waals surface area contributed by atoms with Gasteiger partial charge in [0, 0.05) is 15.3 Å². The molecule has 0 aliphatic rings. The fourth-order valence-corrected chi connectivity index (χ4v) is 3.93. The maximum atomic E-state index is 13.1. The predicted octanol–water partition coefficient (Wildman–Crippen LogP) is 5.22. The molecule has 0 saturated carbocycles. The fourth-order valence-electron chi connectivity index (χ4n) is 3.02. The summed E-state index contributed by atoms with van der Waals surface area (Å²) in [5.41, 5.74) is 2.57. The van der Waals surface area contributed by atoms with Gasteiger partial charge in [0.2, 0.25) is 6.10 Å². The van der Waals surface area contributed by atoms with Gasteiger partial charge in [0.05, 0.1) is 18.4 Å². The van der Waals surface area contributed by atoms with Crippen LogP contribution in [0, 0.1) is 20.8 Å². The summed E-state index contributed by atoms with van der Waals surface area (Å²) in [6.07, 6.45) is -1.09. The third-order valence-electron chi connectivity index (χ3n) is 4.44. The molecule has 1 aromatic heterocycles. The van der Waals surface area contributed by atoms with E-state index in [9.17, 15) is 9.59 Å². The van der Waals surface area contributed by atoms with E-state index in [0.29, 0.717) is 22.6 Å². The number of carbonyl (C=O) groups excluding carboxylic acids is 2. The van der Waals surface area contributed by atoms with Crippen LogP contribution in [0.3, 0.4) is 0 Å². The van der Waals surface area contributed by atoms with Crippen LogP contribution >= 0.6 is 11.3 Å². The zero-order valence-corrected chi connectivity index (χ0v) is 17.6. The zero-order chi connectivity index (χ0) is 21.0. The van der Waals surface area contributed by atoms with Crippen molar-refractivity contribution in [2.24, 2.45) is 0 Å². The van der Waals surface area contributed by atoms with Gasteiger partial charge in [-0.1, -0.05) is 36.4 Å². The van der Waals surface area contributed by atoms with E-state index < -0.39 is 18.0 Å². The highest BCUT2D eigenvalue weighted by atomic mass is 32.1. The van der Waals surface area contributed by atoms with Crippen molar-refractivity contribution in [3.05, 3.63) is 81.0 Å². The molecule has 0 fully saturated rings. The molecule has 3 aromatic rings.